The Labute approximate surface area is 102 Å². The molecule has 0 bridgehead atoms. The molecule has 86 valence electrons. The molecule has 1 aromatic rings. The number of aryl methyl sites for hydroxylation is 1. The molecular formula is C9H16Cl2N4. The van der Waals surface area contributed by atoms with E-state index in [9.17, 15) is 0 Å². The van der Waals surface area contributed by atoms with Gasteiger partial charge in [-0.05, 0) is 12.5 Å². The van der Waals surface area contributed by atoms with E-state index in [0.29, 0.717) is 0 Å². The lowest BCUT2D eigenvalue weighted by atomic mass is 10.4. The van der Waals surface area contributed by atoms with Crippen LogP contribution in [0.1, 0.15) is 5.56 Å². The smallest absolute Gasteiger partial charge is 0.225 e. The number of nitrogens with one attached hydrogen (secondary N) is 1. The molecule has 0 atom stereocenters. The van der Waals surface area contributed by atoms with E-state index in [-0.39, 0.29) is 24.8 Å². The van der Waals surface area contributed by atoms with Gasteiger partial charge < -0.3 is 10.2 Å². The summed E-state index contributed by atoms with van der Waals surface area (Å²) in [4.78, 5) is 10.8. The third-order valence-electron chi connectivity index (χ3n) is 2.17. The van der Waals surface area contributed by atoms with Gasteiger partial charge in [-0.25, -0.2) is 9.97 Å². The van der Waals surface area contributed by atoms with Crippen LogP contribution in [0.15, 0.2) is 12.4 Å². The van der Waals surface area contributed by atoms with Gasteiger partial charge in [0.05, 0.1) is 0 Å². The highest BCUT2D eigenvalue weighted by atomic mass is 35.5. The van der Waals surface area contributed by atoms with Crippen molar-refractivity contribution in [3.8, 4) is 0 Å². The molecule has 2 rings (SSSR count). The van der Waals surface area contributed by atoms with Crippen molar-refractivity contribution in [2.24, 2.45) is 0 Å². The molecule has 1 saturated heterocycles. The molecule has 0 unspecified atom stereocenters. The van der Waals surface area contributed by atoms with E-state index < -0.39 is 0 Å². The highest BCUT2D eigenvalue weighted by molar-refractivity contribution is 5.85. The van der Waals surface area contributed by atoms with Crippen molar-refractivity contribution in [1.29, 1.82) is 0 Å². The highest BCUT2D eigenvalue weighted by Gasteiger charge is 2.11. The number of piperazine rings is 1. The summed E-state index contributed by atoms with van der Waals surface area (Å²) in [5.74, 6) is 0.854. The number of hydrogen-bond donors (Lipinski definition) is 1. The molecule has 0 amide bonds. The predicted molar refractivity (Wildman–Crippen MR) is 66.3 cm³/mol. The van der Waals surface area contributed by atoms with Crippen LogP contribution in [0.4, 0.5) is 5.95 Å². The SMILES string of the molecule is Cc1cnc(N2CCNCC2)nc1.Cl.Cl. The molecule has 0 aromatic carbocycles. The zero-order valence-electron chi connectivity index (χ0n) is 8.64. The van der Waals surface area contributed by atoms with Gasteiger partial charge >= 0.3 is 0 Å². The molecule has 6 heteroatoms. The van der Waals surface area contributed by atoms with Crippen LogP contribution in [-0.2, 0) is 0 Å². The Morgan fingerprint density at radius 3 is 2.20 bits per heavy atom. The maximum atomic E-state index is 4.29. The maximum absolute atomic E-state index is 4.29. The molecule has 1 aliphatic heterocycles. The van der Waals surface area contributed by atoms with E-state index in [1.807, 2.05) is 19.3 Å². The molecule has 1 aliphatic rings. The van der Waals surface area contributed by atoms with Crippen molar-refractivity contribution in [1.82, 2.24) is 15.3 Å². The van der Waals surface area contributed by atoms with Crippen LogP contribution in [0.5, 0.6) is 0 Å². The van der Waals surface area contributed by atoms with Crippen LogP contribution in [0.3, 0.4) is 0 Å². The van der Waals surface area contributed by atoms with Gasteiger partial charge in [0.25, 0.3) is 0 Å². The van der Waals surface area contributed by atoms with E-state index in [1.165, 1.54) is 0 Å². The Morgan fingerprint density at radius 2 is 1.67 bits per heavy atom. The van der Waals surface area contributed by atoms with Gasteiger partial charge in [-0.1, -0.05) is 0 Å². The first-order chi connectivity index (χ1) is 6.36. The largest absolute Gasteiger partial charge is 0.338 e. The summed E-state index contributed by atoms with van der Waals surface area (Å²) in [5.41, 5.74) is 1.11. The summed E-state index contributed by atoms with van der Waals surface area (Å²) in [7, 11) is 0. The number of hydrogen-bond acceptors (Lipinski definition) is 4. The second kappa shape index (κ2) is 6.82. The lowest BCUT2D eigenvalue weighted by Crippen LogP contribution is -2.44. The zero-order valence-corrected chi connectivity index (χ0v) is 10.3. The molecule has 0 saturated carbocycles. The van der Waals surface area contributed by atoms with Gasteiger partial charge in [0.1, 0.15) is 0 Å². The van der Waals surface area contributed by atoms with E-state index >= 15 is 0 Å². The minimum absolute atomic E-state index is 0. The minimum atomic E-state index is 0. The molecule has 2 heterocycles. The third-order valence-corrected chi connectivity index (χ3v) is 2.17. The van der Waals surface area contributed by atoms with E-state index in [0.717, 1.165) is 37.7 Å². The van der Waals surface area contributed by atoms with Crippen molar-refractivity contribution in [2.75, 3.05) is 31.1 Å². The van der Waals surface area contributed by atoms with Crippen LogP contribution >= 0.6 is 24.8 Å². The Bertz CT molecular complexity index is 272. The van der Waals surface area contributed by atoms with Crippen LogP contribution in [0, 0.1) is 6.92 Å². The molecule has 1 fully saturated rings. The lowest BCUT2D eigenvalue weighted by molar-refractivity contribution is 0.579. The van der Waals surface area contributed by atoms with Crippen molar-refractivity contribution in [2.45, 2.75) is 6.92 Å². The van der Waals surface area contributed by atoms with Crippen LogP contribution in [-0.4, -0.2) is 36.1 Å². The van der Waals surface area contributed by atoms with Crippen LogP contribution in [0.2, 0.25) is 0 Å². The monoisotopic (exact) mass is 250 g/mol. The van der Waals surface area contributed by atoms with E-state index in [2.05, 4.69) is 20.2 Å². The van der Waals surface area contributed by atoms with Crippen LogP contribution < -0.4 is 10.2 Å². The Balaban J connectivity index is 0.000000980. The van der Waals surface area contributed by atoms with Crippen molar-refractivity contribution in [3.05, 3.63) is 18.0 Å². The first-order valence-corrected chi connectivity index (χ1v) is 4.60. The number of nitrogens with zero attached hydrogens (tertiary/aromatic N) is 3. The number of halogens is 2. The molecule has 0 aliphatic carbocycles. The summed E-state index contributed by atoms with van der Waals surface area (Å²) in [5, 5.41) is 3.30. The van der Waals surface area contributed by atoms with Gasteiger partial charge in [0, 0.05) is 38.6 Å². The number of rotatable bonds is 1. The normalized spacial score (nSPS) is 15.1. The first kappa shape index (κ1) is 14.4. The first-order valence-electron chi connectivity index (χ1n) is 4.60. The van der Waals surface area contributed by atoms with Crippen molar-refractivity contribution in [3.63, 3.8) is 0 Å². The molecule has 1 aromatic heterocycles. The molecule has 1 N–H and O–H groups in total. The second-order valence-electron chi connectivity index (χ2n) is 3.30. The summed E-state index contributed by atoms with van der Waals surface area (Å²) < 4.78 is 0. The summed E-state index contributed by atoms with van der Waals surface area (Å²) in [6, 6.07) is 0. The Kier molecular flexibility index (Phi) is 6.56. The van der Waals surface area contributed by atoms with E-state index in [1.54, 1.807) is 0 Å². The molecule has 0 spiro atoms. The molecule has 15 heavy (non-hydrogen) atoms. The van der Waals surface area contributed by atoms with Crippen molar-refractivity contribution >= 4 is 30.8 Å². The third kappa shape index (κ3) is 3.81. The van der Waals surface area contributed by atoms with E-state index in [4.69, 9.17) is 0 Å². The summed E-state index contributed by atoms with van der Waals surface area (Å²) in [6.07, 6.45) is 3.73. The molecule has 4 nitrogen and oxygen atoms in total. The van der Waals surface area contributed by atoms with Gasteiger partial charge in [-0.3, -0.25) is 0 Å². The average molecular weight is 251 g/mol. The maximum Gasteiger partial charge on any atom is 0.225 e. The van der Waals surface area contributed by atoms with Gasteiger partial charge in [-0.15, -0.1) is 24.8 Å². The fourth-order valence-corrected chi connectivity index (χ4v) is 1.41. The summed E-state index contributed by atoms with van der Waals surface area (Å²) in [6.45, 7) is 6.06. The lowest BCUT2D eigenvalue weighted by Gasteiger charge is -2.27. The fraction of sp³-hybridized carbons (Fsp3) is 0.556. The van der Waals surface area contributed by atoms with Gasteiger partial charge in [-0.2, -0.15) is 0 Å². The molecule has 0 radical (unpaired) electrons. The minimum Gasteiger partial charge on any atom is -0.338 e. The fourth-order valence-electron chi connectivity index (χ4n) is 1.41. The second-order valence-corrected chi connectivity index (χ2v) is 3.30. The highest BCUT2D eigenvalue weighted by Crippen LogP contribution is 2.06. The standard InChI is InChI=1S/C9H14N4.2ClH/c1-8-6-11-9(12-7-8)13-4-2-10-3-5-13;;/h6-7,10H,2-5H2,1H3;2*1H. The summed E-state index contributed by atoms with van der Waals surface area (Å²) >= 11 is 0. The Hall–Kier alpha value is -0.580. The van der Waals surface area contributed by atoms with Crippen LogP contribution in [0.25, 0.3) is 0 Å². The van der Waals surface area contributed by atoms with Crippen molar-refractivity contribution < 1.29 is 0 Å². The van der Waals surface area contributed by atoms with Gasteiger partial charge in [0.2, 0.25) is 5.95 Å². The Morgan fingerprint density at radius 1 is 1.13 bits per heavy atom. The zero-order chi connectivity index (χ0) is 9.10. The quantitative estimate of drug-likeness (QED) is 0.809. The average Bonchev–Trinajstić information content (AvgIpc) is 2.20. The number of anilines is 1. The molecular weight excluding hydrogens is 235 g/mol. The predicted octanol–water partition coefficient (Wildman–Crippen LogP) is 1.04. The van der Waals surface area contributed by atoms with Gasteiger partial charge in [0.15, 0.2) is 0 Å². The topological polar surface area (TPSA) is 41.1 Å². The number of aromatic nitrogens is 2.